The Morgan fingerprint density at radius 2 is 2.11 bits per heavy atom. The first-order valence-electron chi connectivity index (χ1n) is 6.58. The summed E-state index contributed by atoms with van der Waals surface area (Å²) < 4.78 is 23.2. The van der Waals surface area contributed by atoms with Gasteiger partial charge in [0.1, 0.15) is 5.82 Å². The molecule has 1 N–H and O–H groups in total. The Bertz CT molecular complexity index is 554. The molecule has 0 aromatic carbocycles. The van der Waals surface area contributed by atoms with E-state index >= 15 is 0 Å². The Morgan fingerprint density at radius 1 is 1.22 bits per heavy atom. The first-order chi connectivity index (χ1) is 8.62. The van der Waals surface area contributed by atoms with Crippen molar-refractivity contribution in [3.8, 4) is 0 Å². The number of anilines is 1. The molecule has 2 heterocycles. The average Bonchev–Trinajstić information content (AvgIpc) is 2.74. The van der Waals surface area contributed by atoms with Crippen molar-refractivity contribution in [1.29, 1.82) is 0 Å². The van der Waals surface area contributed by atoms with Crippen LogP contribution in [0.5, 0.6) is 0 Å². The number of nitrogens with zero attached hydrogens (tertiary/aromatic N) is 1. The van der Waals surface area contributed by atoms with E-state index in [2.05, 4.69) is 16.4 Å². The largest absolute Gasteiger partial charge is 0.366 e. The first-order valence-corrected chi connectivity index (χ1v) is 8.40. The van der Waals surface area contributed by atoms with Crippen molar-refractivity contribution in [1.82, 2.24) is 4.98 Å². The standard InChI is InChI=1S/C13H18N2O2S/c16-18(17)8-2-4-11(9-18)14-13-7-6-10-3-1-5-12(10)15-13/h6-7,11H,1-5,8-9H2,(H,14,15). The second-order valence-corrected chi connectivity index (χ2v) is 7.48. The molecule has 1 aliphatic carbocycles. The van der Waals surface area contributed by atoms with Gasteiger partial charge in [0, 0.05) is 11.7 Å². The molecule has 1 saturated heterocycles. The number of aryl methyl sites for hydroxylation is 2. The van der Waals surface area contributed by atoms with Gasteiger partial charge in [0.15, 0.2) is 9.84 Å². The highest BCUT2D eigenvalue weighted by molar-refractivity contribution is 7.91. The van der Waals surface area contributed by atoms with Gasteiger partial charge in [-0.1, -0.05) is 6.07 Å². The molecule has 1 aliphatic heterocycles. The topological polar surface area (TPSA) is 59.1 Å². The third-order valence-electron chi connectivity index (χ3n) is 3.74. The van der Waals surface area contributed by atoms with Crippen LogP contribution in [0.4, 0.5) is 5.82 Å². The Kier molecular flexibility index (Phi) is 3.01. The third-order valence-corrected chi connectivity index (χ3v) is 5.56. The molecule has 3 rings (SSSR count). The van der Waals surface area contributed by atoms with Gasteiger partial charge in [-0.05, 0) is 43.7 Å². The lowest BCUT2D eigenvalue weighted by atomic mass is 10.2. The SMILES string of the molecule is O=S1(=O)CCCC(Nc2ccc3c(n2)CCC3)C1. The Balaban J connectivity index is 1.73. The number of rotatable bonds is 2. The molecule has 1 aromatic heterocycles. The molecule has 18 heavy (non-hydrogen) atoms. The lowest BCUT2D eigenvalue weighted by molar-refractivity contribution is 0.561. The van der Waals surface area contributed by atoms with Gasteiger partial charge in [-0.2, -0.15) is 0 Å². The zero-order chi connectivity index (χ0) is 12.6. The van der Waals surface area contributed by atoms with E-state index in [0.29, 0.717) is 5.75 Å². The highest BCUT2D eigenvalue weighted by Gasteiger charge is 2.25. The Hall–Kier alpha value is -1.10. The van der Waals surface area contributed by atoms with Crippen molar-refractivity contribution < 1.29 is 8.42 Å². The van der Waals surface area contributed by atoms with Crippen LogP contribution < -0.4 is 5.32 Å². The fraction of sp³-hybridized carbons (Fsp3) is 0.615. The maximum atomic E-state index is 11.6. The Morgan fingerprint density at radius 3 is 2.94 bits per heavy atom. The van der Waals surface area contributed by atoms with Crippen molar-refractivity contribution in [3.05, 3.63) is 23.4 Å². The van der Waals surface area contributed by atoms with Crippen LogP contribution in [0.3, 0.4) is 0 Å². The highest BCUT2D eigenvalue weighted by Crippen LogP contribution is 2.23. The quantitative estimate of drug-likeness (QED) is 0.882. The Labute approximate surface area is 108 Å². The van der Waals surface area contributed by atoms with E-state index in [9.17, 15) is 8.42 Å². The summed E-state index contributed by atoms with van der Waals surface area (Å²) in [6.45, 7) is 0. The van der Waals surface area contributed by atoms with Crippen molar-refractivity contribution in [3.63, 3.8) is 0 Å². The molecule has 0 saturated carbocycles. The van der Waals surface area contributed by atoms with E-state index in [1.807, 2.05) is 6.07 Å². The molecule has 0 amide bonds. The number of hydrogen-bond acceptors (Lipinski definition) is 4. The molecule has 1 atom stereocenters. The number of pyridine rings is 1. The molecule has 0 radical (unpaired) electrons. The smallest absolute Gasteiger partial charge is 0.152 e. The van der Waals surface area contributed by atoms with Gasteiger partial charge < -0.3 is 5.32 Å². The summed E-state index contributed by atoms with van der Waals surface area (Å²) >= 11 is 0. The van der Waals surface area contributed by atoms with Gasteiger partial charge in [0.05, 0.1) is 11.5 Å². The van der Waals surface area contributed by atoms with Crippen molar-refractivity contribution in [2.24, 2.45) is 0 Å². The van der Waals surface area contributed by atoms with Crippen LogP contribution in [0, 0.1) is 0 Å². The molecule has 0 spiro atoms. The summed E-state index contributed by atoms with van der Waals surface area (Å²) in [6, 6.07) is 4.12. The van der Waals surface area contributed by atoms with Crippen LogP contribution in [-0.4, -0.2) is 30.9 Å². The van der Waals surface area contributed by atoms with Crippen LogP contribution >= 0.6 is 0 Å². The van der Waals surface area contributed by atoms with Gasteiger partial charge in [0.2, 0.25) is 0 Å². The number of aromatic nitrogens is 1. The molecular weight excluding hydrogens is 248 g/mol. The summed E-state index contributed by atoms with van der Waals surface area (Å²) in [5, 5.41) is 3.28. The molecular formula is C13H18N2O2S. The van der Waals surface area contributed by atoms with Gasteiger partial charge in [0.25, 0.3) is 0 Å². The number of hydrogen-bond donors (Lipinski definition) is 1. The summed E-state index contributed by atoms with van der Waals surface area (Å²) in [6.07, 6.45) is 5.03. The van der Waals surface area contributed by atoms with Crippen LogP contribution in [-0.2, 0) is 22.7 Å². The first kappa shape index (κ1) is 12.0. The van der Waals surface area contributed by atoms with Gasteiger partial charge in [-0.3, -0.25) is 0 Å². The van der Waals surface area contributed by atoms with E-state index in [1.54, 1.807) is 0 Å². The molecule has 1 unspecified atom stereocenters. The number of nitrogens with one attached hydrogen (secondary N) is 1. The van der Waals surface area contributed by atoms with Gasteiger partial charge in [-0.15, -0.1) is 0 Å². The van der Waals surface area contributed by atoms with Crippen molar-refractivity contribution in [2.75, 3.05) is 16.8 Å². The summed E-state index contributed by atoms with van der Waals surface area (Å²) in [7, 11) is -2.85. The van der Waals surface area contributed by atoms with Crippen LogP contribution in [0.1, 0.15) is 30.5 Å². The van der Waals surface area contributed by atoms with Crippen molar-refractivity contribution in [2.45, 2.75) is 38.1 Å². The molecule has 2 aliphatic rings. The molecule has 4 nitrogen and oxygen atoms in total. The van der Waals surface area contributed by atoms with Crippen LogP contribution in [0.25, 0.3) is 0 Å². The monoisotopic (exact) mass is 266 g/mol. The lowest BCUT2D eigenvalue weighted by Gasteiger charge is -2.23. The van der Waals surface area contributed by atoms with Gasteiger partial charge >= 0.3 is 0 Å². The number of fused-ring (bicyclic) bond motifs is 1. The van der Waals surface area contributed by atoms with Crippen LogP contribution in [0.2, 0.25) is 0 Å². The fourth-order valence-corrected chi connectivity index (χ4v) is 4.48. The maximum absolute atomic E-state index is 11.6. The molecule has 1 fully saturated rings. The molecule has 5 heteroatoms. The van der Waals surface area contributed by atoms with E-state index in [-0.39, 0.29) is 11.8 Å². The molecule has 1 aromatic rings. The van der Waals surface area contributed by atoms with Gasteiger partial charge in [-0.25, -0.2) is 13.4 Å². The second-order valence-electron chi connectivity index (χ2n) is 5.25. The summed E-state index contributed by atoms with van der Waals surface area (Å²) in [4.78, 5) is 4.59. The number of sulfone groups is 1. The second kappa shape index (κ2) is 4.53. The average molecular weight is 266 g/mol. The summed E-state index contributed by atoms with van der Waals surface area (Å²) in [5.41, 5.74) is 2.52. The summed E-state index contributed by atoms with van der Waals surface area (Å²) in [5.74, 6) is 1.41. The fourth-order valence-electron chi connectivity index (χ4n) is 2.85. The van der Waals surface area contributed by atoms with E-state index in [4.69, 9.17) is 0 Å². The van der Waals surface area contributed by atoms with Crippen LogP contribution in [0.15, 0.2) is 12.1 Å². The third kappa shape index (κ3) is 2.51. The van der Waals surface area contributed by atoms with E-state index in [0.717, 1.165) is 31.5 Å². The predicted molar refractivity (Wildman–Crippen MR) is 71.6 cm³/mol. The normalized spacial score (nSPS) is 25.7. The minimum Gasteiger partial charge on any atom is -0.366 e. The lowest BCUT2D eigenvalue weighted by Crippen LogP contribution is -2.35. The zero-order valence-corrected chi connectivity index (χ0v) is 11.2. The highest BCUT2D eigenvalue weighted by atomic mass is 32.2. The predicted octanol–water partition coefficient (Wildman–Crippen LogP) is 1.56. The maximum Gasteiger partial charge on any atom is 0.152 e. The minimum absolute atomic E-state index is 0.0238. The minimum atomic E-state index is -2.85. The molecule has 98 valence electrons. The van der Waals surface area contributed by atoms with E-state index < -0.39 is 9.84 Å². The van der Waals surface area contributed by atoms with E-state index in [1.165, 1.54) is 17.7 Å². The van der Waals surface area contributed by atoms with Crippen molar-refractivity contribution >= 4 is 15.7 Å². The molecule has 0 bridgehead atoms. The zero-order valence-electron chi connectivity index (χ0n) is 10.4.